The Morgan fingerprint density at radius 1 is 1.32 bits per heavy atom. The van der Waals surface area contributed by atoms with Crippen LogP contribution in [0.15, 0.2) is 30.9 Å². The monoisotopic (exact) mass is 261 g/mol. The first-order chi connectivity index (χ1) is 8.93. The van der Waals surface area contributed by atoms with Crippen LogP contribution in [0.4, 0.5) is 5.69 Å². The lowest BCUT2D eigenvalue weighted by Gasteiger charge is -2.29. The van der Waals surface area contributed by atoms with Gasteiger partial charge in [-0.25, -0.2) is 4.79 Å². The molecule has 0 spiro atoms. The van der Waals surface area contributed by atoms with Gasteiger partial charge >= 0.3 is 5.97 Å². The molecule has 0 saturated carbocycles. The highest BCUT2D eigenvalue weighted by molar-refractivity contribution is 6.06. The number of hydrogen-bond donors (Lipinski definition) is 0. The first-order valence-corrected chi connectivity index (χ1v) is 6.03. The maximum Gasteiger partial charge on any atom is 0.328 e. The second-order valence-electron chi connectivity index (χ2n) is 4.35. The fraction of sp³-hybridized carbons (Fsp3) is 0.333. The van der Waals surface area contributed by atoms with Crippen molar-refractivity contribution in [2.75, 3.05) is 12.0 Å². The van der Waals surface area contributed by atoms with Gasteiger partial charge in [0.05, 0.1) is 12.8 Å². The molecule has 4 nitrogen and oxygen atoms in total. The van der Waals surface area contributed by atoms with Crippen molar-refractivity contribution in [2.24, 2.45) is 0 Å². The number of anilines is 1. The number of aryl methyl sites for hydroxylation is 2. The number of carbonyl (C=O) groups is 2. The minimum Gasteiger partial charge on any atom is -0.467 e. The van der Waals surface area contributed by atoms with Crippen molar-refractivity contribution in [1.29, 1.82) is 0 Å². The number of rotatable bonds is 4. The average molecular weight is 261 g/mol. The molecule has 0 saturated heterocycles. The Morgan fingerprint density at radius 3 is 2.26 bits per heavy atom. The molecule has 1 aromatic rings. The molecule has 102 valence electrons. The molecule has 0 aliphatic carbocycles. The molecular weight excluding hydrogens is 242 g/mol. The molecule has 1 aromatic carbocycles. The van der Waals surface area contributed by atoms with E-state index in [-0.39, 0.29) is 5.91 Å². The summed E-state index contributed by atoms with van der Waals surface area (Å²) < 4.78 is 4.72. The molecule has 0 heterocycles. The maximum absolute atomic E-state index is 12.1. The van der Waals surface area contributed by atoms with Crippen molar-refractivity contribution < 1.29 is 14.3 Å². The van der Waals surface area contributed by atoms with E-state index in [1.54, 1.807) is 6.92 Å². The Kier molecular flexibility index (Phi) is 4.87. The van der Waals surface area contributed by atoms with Crippen LogP contribution in [-0.2, 0) is 14.3 Å². The number of hydrogen-bond acceptors (Lipinski definition) is 3. The molecule has 0 radical (unpaired) electrons. The summed E-state index contributed by atoms with van der Waals surface area (Å²) in [5, 5.41) is 0. The van der Waals surface area contributed by atoms with Gasteiger partial charge in [-0.05, 0) is 38.0 Å². The van der Waals surface area contributed by atoms with E-state index in [9.17, 15) is 9.59 Å². The van der Waals surface area contributed by atoms with Gasteiger partial charge in [-0.15, -0.1) is 0 Å². The highest BCUT2D eigenvalue weighted by Gasteiger charge is 2.28. The lowest BCUT2D eigenvalue weighted by atomic mass is 10.1. The van der Waals surface area contributed by atoms with Gasteiger partial charge in [0.15, 0.2) is 0 Å². The van der Waals surface area contributed by atoms with Crippen molar-refractivity contribution in [3.63, 3.8) is 0 Å². The fourth-order valence-corrected chi connectivity index (χ4v) is 2.05. The van der Waals surface area contributed by atoms with Crippen LogP contribution in [-0.4, -0.2) is 25.0 Å². The third kappa shape index (κ3) is 3.02. The predicted octanol–water partition coefficient (Wildman–Crippen LogP) is 2.38. The maximum atomic E-state index is 12.1. The number of amides is 1. The zero-order valence-corrected chi connectivity index (χ0v) is 11.8. The predicted molar refractivity (Wildman–Crippen MR) is 75.1 cm³/mol. The molecule has 1 atom stereocenters. The number of esters is 1. The van der Waals surface area contributed by atoms with Crippen molar-refractivity contribution in [1.82, 2.24) is 0 Å². The summed E-state index contributed by atoms with van der Waals surface area (Å²) in [6.07, 6.45) is 1.20. The largest absolute Gasteiger partial charge is 0.467 e. The van der Waals surface area contributed by atoms with Gasteiger partial charge in [0, 0.05) is 0 Å². The summed E-state index contributed by atoms with van der Waals surface area (Å²) in [5.74, 6) is -0.784. The molecule has 0 aliphatic heterocycles. The van der Waals surface area contributed by atoms with Crippen molar-refractivity contribution >= 4 is 17.6 Å². The molecule has 0 bridgehead atoms. The topological polar surface area (TPSA) is 46.6 Å². The summed E-state index contributed by atoms with van der Waals surface area (Å²) >= 11 is 0. The lowest BCUT2D eigenvalue weighted by Crippen LogP contribution is -2.44. The number of nitrogens with zero attached hydrogens (tertiary/aromatic N) is 1. The number of methoxy groups -OCH3 is 1. The molecule has 0 unspecified atom stereocenters. The van der Waals surface area contributed by atoms with E-state index in [2.05, 4.69) is 6.58 Å². The second kappa shape index (κ2) is 6.18. The Balaban J connectivity index is 3.36. The molecule has 19 heavy (non-hydrogen) atoms. The number of ether oxygens (including phenoxy) is 1. The minimum absolute atomic E-state index is 0.324. The first-order valence-electron chi connectivity index (χ1n) is 6.03. The summed E-state index contributed by atoms with van der Waals surface area (Å²) in [5.41, 5.74) is 2.57. The van der Waals surface area contributed by atoms with E-state index in [0.717, 1.165) is 16.8 Å². The van der Waals surface area contributed by atoms with Gasteiger partial charge in [0.1, 0.15) is 6.04 Å². The van der Waals surface area contributed by atoms with Gasteiger partial charge in [-0.3, -0.25) is 9.69 Å². The van der Waals surface area contributed by atoms with Crippen LogP contribution in [0, 0.1) is 13.8 Å². The molecule has 0 aromatic heterocycles. The summed E-state index contributed by atoms with van der Waals surface area (Å²) in [6.45, 7) is 8.93. The highest BCUT2D eigenvalue weighted by Crippen LogP contribution is 2.27. The van der Waals surface area contributed by atoms with Crippen LogP contribution in [0.2, 0.25) is 0 Å². The van der Waals surface area contributed by atoms with Crippen LogP contribution in [0.5, 0.6) is 0 Å². The average Bonchev–Trinajstić information content (AvgIpc) is 2.40. The molecular formula is C15H19NO3. The first kappa shape index (κ1) is 15.0. The number of para-hydroxylation sites is 1. The summed E-state index contributed by atoms with van der Waals surface area (Å²) in [4.78, 5) is 25.2. The molecule has 4 heteroatoms. The minimum atomic E-state index is -0.699. The Labute approximate surface area is 113 Å². The van der Waals surface area contributed by atoms with E-state index < -0.39 is 12.0 Å². The third-order valence-electron chi connectivity index (χ3n) is 3.02. The molecule has 0 aliphatic rings. The molecule has 0 fully saturated rings. The van der Waals surface area contributed by atoms with E-state index in [1.165, 1.54) is 18.1 Å². The van der Waals surface area contributed by atoms with Gasteiger partial charge in [-0.1, -0.05) is 24.8 Å². The van der Waals surface area contributed by atoms with Crippen LogP contribution >= 0.6 is 0 Å². The Hall–Kier alpha value is -2.10. The van der Waals surface area contributed by atoms with Crippen LogP contribution in [0.1, 0.15) is 18.1 Å². The molecule has 0 N–H and O–H groups in total. The second-order valence-corrected chi connectivity index (χ2v) is 4.35. The number of carbonyl (C=O) groups excluding carboxylic acids is 2. The Morgan fingerprint density at radius 2 is 1.84 bits per heavy atom. The van der Waals surface area contributed by atoms with Crippen molar-refractivity contribution in [3.8, 4) is 0 Å². The van der Waals surface area contributed by atoms with E-state index in [0.29, 0.717) is 0 Å². The van der Waals surface area contributed by atoms with Gasteiger partial charge < -0.3 is 4.74 Å². The zero-order chi connectivity index (χ0) is 14.6. The van der Waals surface area contributed by atoms with Crippen molar-refractivity contribution in [2.45, 2.75) is 26.8 Å². The van der Waals surface area contributed by atoms with Gasteiger partial charge in [0.2, 0.25) is 0 Å². The normalized spacial score (nSPS) is 11.6. The smallest absolute Gasteiger partial charge is 0.328 e. The van der Waals surface area contributed by atoms with Crippen molar-refractivity contribution in [3.05, 3.63) is 42.0 Å². The fourth-order valence-electron chi connectivity index (χ4n) is 2.05. The van der Waals surface area contributed by atoms with Crippen LogP contribution < -0.4 is 4.90 Å². The Bertz CT molecular complexity index is 488. The van der Waals surface area contributed by atoms with Gasteiger partial charge in [0.25, 0.3) is 5.91 Å². The van der Waals surface area contributed by atoms with Gasteiger partial charge in [-0.2, -0.15) is 0 Å². The zero-order valence-electron chi connectivity index (χ0n) is 11.8. The SMILES string of the molecule is C=CC(=O)N(c1c(C)cccc1C)[C@@H](C)C(=O)OC. The van der Waals surface area contributed by atoms with E-state index >= 15 is 0 Å². The standard InChI is InChI=1S/C15H19NO3/c1-6-13(17)16(12(4)15(18)19-5)14-10(2)8-7-9-11(14)3/h6-9,12H,1H2,2-5H3/t12-/m0/s1. The number of benzene rings is 1. The highest BCUT2D eigenvalue weighted by atomic mass is 16.5. The third-order valence-corrected chi connectivity index (χ3v) is 3.02. The lowest BCUT2D eigenvalue weighted by molar-refractivity contribution is -0.142. The molecule has 1 rings (SSSR count). The van der Waals surface area contributed by atoms with E-state index in [1.807, 2.05) is 32.0 Å². The molecule has 1 amide bonds. The quantitative estimate of drug-likeness (QED) is 0.617. The van der Waals surface area contributed by atoms with Crippen LogP contribution in [0.25, 0.3) is 0 Å². The van der Waals surface area contributed by atoms with Crippen LogP contribution in [0.3, 0.4) is 0 Å². The summed E-state index contributed by atoms with van der Waals surface area (Å²) in [7, 11) is 1.31. The van der Waals surface area contributed by atoms with E-state index in [4.69, 9.17) is 4.74 Å². The summed E-state index contributed by atoms with van der Waals surface area (Å²) in [6, 6.07) is 5.01.